The van der Waals surface area contributed by atoms with E-state index in [-0.39, 0.29) is 23.3 Å². The molecule has 5 heteroatoms. The first kappa shape index (κ1) is 12.5. The van der Waals surface area contributed by atoms with Gasteiger partial charge in [-0.05, 0) is 18.9 Å². The number of hydrogen-bond donors (Lipinski definition) is 0. The van der Waals surface area contributed by atoms with Crippen molar-refractivity contribution < 1.29 is 14.5 Å². The van der Waals surface area contributed by atoms with Gasteiger partial charge in [0.05, 0.1) is 10.8 Å². The Hall–Kier alpha value is -1.91. The van der Waals surface area contributed by atoms with Crippen LogP contribution in [0.15, 0.2) is 24.3 Å². The minimum atomic E-state index is -0.538. The molecule has 1 aromatic carbocycles. The normalized spacial score (nSPS) is 16.2. The van der Waals surface area contributed by atoms with E-state index in [1.54, 1.807) is 12.1 Å². The average Bonchev–Trinajstić information content (AvgIpc) is 2.40. The number of nitro benzene ring substituents is 1. The summed E-state index contributed by atoms with van der Waals surface area (Å²) >= 11 is 0. The predicted octanol–water partition coefficient (Wildman–Crippen LogP) is 3.08. The molecule has 0 spiro atoms. The molecule has 0 amide bonds. The van der Waals surface area contributed by atoms with E-state index < -0.39 is 4.92 Å². The van der Waals surface area contributed by atoms with Gasteiger partial charge in [0.1, 0.15) is 0 Å². The van der Waals surface area contributed by atoms with Crippen LogP contribution in [-0.2, 0) is 4.79 Å². The Morgan fingerprint density at radius 3 is 2.56 bits per heavy atom. The van der Waals surface area contributed by atoms with E-state index in [1.807, 2.05) is 0 Å². The first-order chi connectivity index (χ1) is 8.68. The largest absolute Gasteiger partial charge is 0.419 e. The van der Waals surface area contributed by atoms with Gasteiger partial charge in [-0.3, -0.25) is 14.9 Å². The van der Waals surface area contributed by atoms with Crippen LogP contribution in [0.1, 0.15) is 32.1 Å². The lowest BCUT2D eigenvalue weighted by molar-refractivity contribution is -0.385. The van der Waals surface area contributed by atoms with Gasteiger partial charge in [-0.1, -0.05) is 31.4 Å². The summed E-state index contributed by atoms with van der Waals surface area (Å²) in [5, 5.41) is 10.8. The molecule has 2 rings (SSSR count). The van der Waals surface area contributed by atoms with Crippen molar-refractivity contribution in [2.24, 2.45) is 5.92 Å². The number of ether oxygens (including phenoxy) is 1. The van der Waals surface area contributed by atoms with Crippen LogP contribution in [0.25, 0.3) is 0 Å². The third-order valence-electron chi connectivity index (χ3n) is 3.21. The third-order valence-corrected chi connectivity index (χ3v) is 3.21. The van der Waals surface area contributed by atoms with Gasteiger partial charge in [0.15, 0.2) is 0 Å². The Balaban J connectivity index is 2.08. The molecule has 0 N–H and O–H groups in total. The Morgan fingerprint density at radius 1 is 1.22 bits per heavy atom. The molecule has 5 nitrogen and oxygen atoms in total. The monoisotopic (exact) mass is 249 g/mol. The van der Waals surface area contributed by atoms with Crippen molar-refractivity contribution in [2.45, 2.75) is 32.1 Å². The zero-order valence-electron chi connectivity index (χ0n) is 10.0. The highest BCUT2D eigenvalue weighted by Crippen LogP contribution is 2.29. The molecule has 0 aliphatic heterocycles. The Morgan fingerprint density at radius 2 is 1.89 bits per heavy atom. The van der Waals surface area contributed by atoms with Gasteiger partial charge in [-0.2, -0.15) is 0 Å². The number of nitro groups is 1. The molecule has 1 saturated carbocycles. The van der Waals surface area contributed by atoms with Gasteiger partial charge in [0, 0.05) is 6.07 Å². The van der Waals surface area contributed by atoms with Crippen molar-refractivity contribution in [3.63, 3.8) is 0 Å². The van der Waals surface area contributed by atoms with Gasteiger partial charge in [-0.15, -0.1) is 0 Å². The molecular weight excluding hydrogens is 234 g/mol. The zero-order chi connectivity index (χ0) is 13.0. The molecule has 0 atom stereocenters. The SMILES string of the molecule is O=C(Oc1ccccc1[N+](=O)[O-])C1CCCCC1. The fraction of sp³-hybridized carbons (Fsp3) is 0.462. The molecule has 0 aromatic heterocycles. The van der Waals surface area contributed by atoms with E-state index >= 15 is 0 Å². The van der Waals surface area contributed by atoms with Crippen LogP contribution in [-0.4, -0.2) is 10.9 Å². The molecule has 0 saturated heterocycles. The Labute approximate surface area is 105 Å². The maximum absolute atomic E-state index is 11.9. The second-order valence-corrected chi connectivity index (χ2v) is 4.48. The summed E-state index contributed by atoms with van der Waals surface area (Å²) in [6, 6.07) is 5.97. The van der Waals surface area contributed by atoms with Crippen LogP contribution >= 0.6 is 0 Å². The maximum atomic E-state index is 11.9. The molecule has 0 bridgehead atoms. The molecule has 1 aliphatic carbocycles. The van der Waals surface area contributed by atoms with Crippen molar-refractivity contribution in [1.29, 1.82) is 0 Å². The van der Waals surface area contributed by atoms with E-state index in [9.17, 15) is 14.9 Å². The number of esters is 1. The van der Waals surface area contributed by atoms with E-state index in [4.69, 9.17) is 4.74 Å². The molecule has 96 valence electrons. The summed E-state index contributed by atoms with van der Waals surface area (Å²) < 4.78 is 5.17. The number of benzene rings is 1. The number of para-hydroxylation sites is 2. The quantitative estimate of drug-likeness (QED) is 0.357. The van der Waals surface area contributed by atoms with Gasteiger partial charge in [0.25, 0.3) is 0 Å². The smallest absolute Gasteiger partial charge is 0.314 e. The summed E-state index contributed by atoms with van der Waals surface area (Å²) in [5.74, 6) is -0.416. The second-order valence-electron chi connectivity index (χ2n) is 4.48. The van der Waals surface area contributed by atoms with E-state index in [0.717, 1.165) is 32.1 Å². The fourth-order valence-electron chi connectivity index (χ4n) is 2.22. The van der Waals surface area contributed by atoms with Crippen molar-refractivity contribution >= 4 is 11.7 Å². The minimum absolute atomic E-state index is 0.0399. The highest BCUT2D eigenvalue weighted by atomic mass is 16.6. The Kier molecular flexibility index (Phi) is 3.92. The van der Waals surface area contributed by atoms with Crippen molar-refractivity contribution in [1.82, 2.24) is 0 Å². The van der Waals surface area contributed by atoms with Crippen molar-refractivity contribution in [3.8, 4) is 5.75 Å². The molecule has 1 aromatic rings. The summed E-state index contributed by atoms with van der Waals surface area (Å²) in [6.07, 6.45) is 4.83. The highest BCUT2D eigenvalue weighted by Gasteiger charge is 2.25. The van der Waals surface area contributed by atoms with Crippen molar-refractivity contribution in [2.75, 3.05) is 0 Å². The van der Waals surface area contributed by atoms with Crippen LogP contribution in [0.5, 0.6) is 5.75 Å². The minimum Gasteiger partial charge on any atom is -0.419 e. The maximum Gasteiger partial charge on any atom is 0.314 e. The van der Waals surface area contributed by atoms with E-state index in [1.165, 1.54) is 12.1 Å². The van der Waals surface area contributed by atoms with Crippen LogP contribution in [0.3, 0.4) is 0 Å². The first-order valence-corrected chi connectivity index (χ1v) is 6.13. The molecule has 0 unspecified atom stereocenters. The van der Waals surface area contributed by atoms with Gasteiger partial charge < -0.3 is 4.74 Å². The van der Waals surface area contributed by atoms with Crippen LogP contribution in [0.2, 0.25) is 0 Å². The zero-order valence-corrected chi connectivity index (χ0v) is 10.0. The topological polar surface area (TPSA) is 69.4 Å². The predicted molar refractivity (Wildman–Crippen MR) is 65.3 cm³/mol. The molecular formula is C13H15NO4. The van der Waals surface area contributed by atoms with Gasteiger partial charge >= 0.3 is 11.7 Å². The lowest BCUT2D eigenvalue weighted by Crippen LogP contribution is -2.23. The molecule has 1 fully saturated rings. The third kappa shape index (κ3) is 2.85. The van der Waals surface area contributed by atoms with Gasteiger partial charge in [0.2, 0.25) is 5.75 Å². The first-order valence-electron chi connectivity index (χ1n) is 6.13. The summed E-state index contributed by atoms with van der Waals surface area (Å²) in [5.41, 5.74) is -0.165. The summed E-state index contributed by atoms with van der Waals surface area (Å²) in [6.45, 7) is 0. The van der Waals surface area contributed by atoms with Crippen molar-refractivity contribution in [3.05, 3.63) is 34.4 Å². The van der Waals surface area contributed by atoms with E-state index in [0.29, 0.717) is 0 Å². The number of carbonyl (C=O) groups excluding carboxylic acids is 1. The fourth-order valence-corrected chi connectivity index (χ4v) is 2.22. The van der Waals surface area contributed by atoms with Crippen LogP contribution < -0.4 is 4.74 Å². The van der Waals surface area contributed by atoms with E-state index in [2.05, 4.69) is 0 Å². The lowest BCUT2D eigenvalue weighted by atomic mass is 9.89. The highest BCUT2D eigenvalue weighted by molar-refractivity contribution is 5.76. The summed E-state index contributed by atoms with van der Waals surface area (Å²) in [4.78, 5) is 22.2. The lowest BCUT2D eigenvalue weighted by Gasteiger charge is -2.19. The number of nitrogens with zero attached hydrogens (tertiary/aromatic N) is 1. The number of hydrogen-bond acceptors (Lipinski definition) is 4. The molecule has 18 heavy (non-hydrogen) atoms. The second kappa shape index (κ2) is 5.62. The average molecular weight is 249 g/mol. The molecule has 0 heterocycles. The number of rotatable bonds is 3. The standard InChI is InChI=1S/C13H15NO4/c15-13(10-6-2-1-3-7-10)18-12-9-5-4-8-11(12)14(16)17/h4-5,8-10H,1-3,6-7H2. The molecule has 0 radical (unpaired) electrons. The Bertz CT molecular complexity index is 452. The molecule has 1 aliphatic rings. The number of carbonyl (C=O) groups is 1. The summed E-state index contributed by atoms with van der Waals surface area (Å²) in [7, 11) is 0. The van der Waals surface area contributed by atoms with Crippen LogP contribution in [0, 0.1) is 16.0 Å². The van der Waals surface area contributed by atoms with Crippen LogP contribution in [0.4, 0.5) is 5.69 Å². The van der Waals surface area contributed by atoms with Gasteiger partial charge in [-0.25, -0.2) is 0 Å².